The Balaban J connectivity index is 1.92. The Kier molecular flexibility index (Phi) is 5.21. The van der Waals surface area contributed by atoms with E-state index in [0.717, 1.165) is 6.42 Å². The summed E-state index contributed by atoms with van der Waals surface area (Å²) in [5, 5.41) is 5.82. The second-order valence-electron chi connectivity index (χ2n) is 5.56. The standard InChI is InChI=1S/C17H24N2S/c1-13(12-17-6-5-11-20-17)18-14(2)15-7-9-16(10-8-15)19(3)4/h5-11,13-14,18H,12H2,1-4H3. The molecular weight excluding hydrogens is 264 g/mol. The van der Waals surface area contributed by atoms with Gasteiger partial charge in [-0.1, -0.05) is 18.2 Å². The van der Waals surface area contributed by atoms with Crippen LogP contribution in [0, 0.1) is 0 Å². The fraction of sp³-hybridized carbons (Fsp3) is 0.412. The molecule has 2 nitrogen and oxygen atoms in total. The van der Waals surface area contributed by atoms with Crippen LogP contribution in [0.15, 0.2) is 41.8 Å². The van der Waals surface area contributed by atoms with E-state index in [1.165, 1.54) is 16.1 Å². The summed E-state index contributed by atoms with van der Waals surface area (Å²) in [4.78, 5) is 3.57. The van der Waals surface area contributed by atoms with Gasteiger partial charge in [0.1, 0.15) is 0 Å². The van der Waals surface area contributed by atoms with Crippen molar-refractivity contribution in [3.63, 3.8) is 0 Å². The van der Waals surface area contributed by atoms with Crippen molar-refractivity contribution in [2.75, 3.05) is 19.0 Å². The molecule has 0 amide bonds. The van der Waals surface area contributed by atoms with Gasteiger partial charge in [-0.25, -0.2) is 0 Å². The largest absolute Gasteiger partial charge is 0.378 e. The predicted octanol–water partition coefficient (Wildman–Crippen LogP) is 4.10. The summed E-state index contributed by atoms with van der Waals surface area (Å²) in [6, 6.07) is 14.0. The van der Waals surface area contributed by atoms with Crippen LogP contribution in [0.2, 0.25) is 0 Å². The van der Waals surface area contributed by atoms with E-state index in [0.29, 0.717) is 12.1 Å². The van der Waals surface area contributed by atoms with Crippen LogP contribution in [-0.2, 0) is 6.42 Å². The average Bonchev–Trinajstić information content (AvgIpc) is 2.91. The van der Waals surface area contributed by atoms with Crippen molar-refractivity contribution in [3.05, 3.63) is 52.2 Å². The van der Waals surface area contributed by atoms with E-state index in [9.17, 15) is 0 Å². The first-order valence-corrected chi connectivity index (χ1v) is 8.00. The molecule has 2 aromatic rings. The highest BCUT2D eigenvalue weighted by atomic mass is 32.1. The van der Waals surface area contributed by atoms with E-state index in [1.807, 2.05) is 11.3 Å². The lowest BCUT2D eigenvalue weighted by molar-refractivity contribution is 0.479. The highest BCUT2D eigenvalue weighted by molar-refractivity contribution is 7.09. The fourth-order valence-electron chi connectivity index (χ4n) is 2.37. The maximum absolute atomic E-state index is 3.68. The molecule has 2 atom stereocenters. The molecule has 108 valence electrons. The average molecular weight is 288 g/mol. The lowest BCUT2D eigenvalue weighted by Gasteiger charge is -2.21. The third-order valence-electron chi connectivity index (χ3n) is 3.53. The van der Waals surface area contributed by atoms with Crippen LogP contribution in [0.5, 0.6) is 0 Å². The Morgan fingerprint density at radius 2 is 1.80 bits per heavy atom. The number of hydrogen-bond donors (Lipinski definition) is 1. The number of thiophene rings is 1. The highest BCUT2D eigenvalue weighted by Gasteiger charge is 2.10. The molecule has 0 aliphatic heterocycles. The zero-order valence-electron chi connectivity index (χ0n) is 12.8. The Labute approximate surface area is 126 Å². The van der Waals surface area contributed by atoms with Gasteiger partial charge in [0, 0.05) is 36.7 Å². The summed E-state index contributed by atoms with van der Waals surface area (Å²) in [6.45, 7) is 4.49. The van der Waals surface area contributed by atoms with Gasteiger partial charge in [0.2, 0.25) is 0 Å². The molecular formula is C17H24N2S. The number of rotatable bonds is 6. The zero-order chi connectivity index (χ0) is 14.5. The Morgan fingerprint density at radius 1 is 1.10 bits per heavy atom. The van der Waals surface area contributed by atoms with Crippen molar-refractivity contribution in [1.82, 2.24) is 5.32 Å². The summed E-state index contributed by atoms with van der Waals surface area (Å²) in [5.74, 6) is 0. The van der Waals surface area contributed by atoms with Crippen LogP contribution < -0.4 is 10.2 Å². The Bertz CT molecular complexity index is 502. The van der Waals surface area contributed by atoms with Crippen molar-refractivity contribution < 1.29 is 0 Å². The SMILES string of the molecule is CC(Cc1cccs1)NC(C)c1ccc(N(C)C)cc1. The summed E-state index contributed by atoms with van der Waals surface area (Å²) in [7, 11) is 4.14. The van der Waals surface area contributed by atoms with E-state index in [2.05, 4.69) is 79.9 Å². The predicted molar refractivity (Wildman–Crippen MR) is 89.8 cm³/mol. The van der Waals surface area contributed by atoms with E-state index in [4.69, 9.17) is 0 Å². The first-order chi connectivity index (χ1) is 9.56. The van der Waals surface area contributed by atoms with Crippen LogP contribution in [0.1, 0.15) is 30.3 Å². The number of benzene rings is 1. The van der Waals surface area contributed by atoms with Gasteiger partial charge >= 0.3 is 0 Å². The summed E-state index contributed by atoms with van der Waals surface area (Å²) >= 11 is 1.83. The molecule has 0 aliphatic carbocycles. The second-order valence-corrected chi connectivity index (χ2v) is 6.59. The third-order valence-corrected chi connectivity index (χ3v) is 4.43. The van der Waals surface area contributed by atoms with Crippen molar-refractivity contribution in [3.8, 4) is 0 Å². The lowest BCUT2D eigenvalue weighted by Crippen LogP contribution is -2.30. The smallest absolute Gasteiger partial charge is 0.0361 e. The second kappa shape index (κ2) is 6.91. The van der Waals surface area contributed by atoms with Gasteiger partial charge in [-0.2, -0.15) is 0 Å². The Hall–Kier alpha value is -1.32. The molecule has 0 saturated carbocycles. The van der Waals surface area contributed by atoms with E-state index in [1.54, 1.807) is 0 Å². The zero-order valence-corrected chi connectivity index (χ0v) is 13.6. The van der Waals surface area contributed by atoms with Gasteiger partial charge in [0.25, 0.3) is 0 Å². The summed E-state index contributed by atoms with van der Waals surface area (Å²) in [6.07, 6.45) is 1.10. The first-order valence-electron chi connectivity index (χ1n) is 7.12. The summed E-state index contributed by atoms with van der Waals surface area (Å²) in [5.41, 5.74) is 2.58. The molecule has 0 radical (unpaired) electrons. The number of anilines is 1. The van der Waals surface area contributed by atoms with Crippen LogP contribution in [0.4, 0.5) is 5.69 Å². The minimum Gasteiger partial charge on any atom is -0.378 e. The van der Waals surface area contributed by atoms with E-state index >= 15 is 0 Å². The van der Waals surface area contributed by atoms with Crippen molar-refractivity contribution in [2.45, 2.75) is 32.4 Å². The molecule has 0 saturated heterocycles. The van der Waals surface area contributed by atoms with Gasteiger partial charge < -0.3 is 10.2 Å². The quantitative estimate of drug-likeness (QED) is 0.861. The first kappa shape index (κ1) is 15.1. The number of nitrogens with one attached hydrogen (secondary N) is 1. The maximum atomic E-state index is 3.68. The molecule has 2 unspecified atom stereocenters. The van der Waals surface area contributed by atoms with Crippen molar-refractivity contribution in [2.24, 2.45) is 0 Å². The van der Waals surface area contributed by atoms with Crippen molar-refractivity contribution >= 4 is 17.0 Å². The molecule has 2 rings (SSSR count). The van der Waals surface area contributed by atoms with Gasteiger partial charge in [-0.15, -0.1) is 11.3 Å². The van der Waals surface area contributed by atoms with Gasteiger partial charge in [0.15, 0.2) is 0 Å². The normalized spacial score (nSPS) is 14.0. The highest BCUT2D eigenvalue weighted by Crippen LogP contribution is 2.19. The molecule has 0 fully saturated rings. The minimum atomic E-state index is 0.376. The molecule has 1 aromatic heterocycles. The number of nitrogens with zero attached hydrogens (tertiary/aromatic N) is 1. The molecule has 20 heavy (non-hydrogen) atoms. The Morgan fingerprint density at radius 3 is 2.35 bits per heavy atom. The van der Waals surface area contributed by atoms with Crippen LogP contribution in [-0.4, -0.2) is 20.1 Å². The molecule has 0 spiro atoms. The van der Waals surface area contributed by atoms with Crippen LogP contribution >= 0.6 is 11.3 Å². The monoisotopic (exact) mass is 288 g/mol. The number of hydrogen-bond acceptors (Lipinski definition) is 3. The van der Waals surface area contributed by atoms with Gasteiger partial charge in [-0.05, 0) is 49.4 Å². The molecule has 1 heterocycles. The van der Waals surface area contributed by atoms with Crippen LogP contribution in [0.3, 0.4) is 0 Å². The minimum absolute atomic E-state index is 0.376. The van der Waals surface area contributed by atoms with E-state index < -0.39 is 0 Å². The van der Waals surface area contributed by atoms with Gasteiger partial charge in [0.05, 0.1) is 0 Å². The summed E-state index contributed by atoms with van der Waals surface area (Å²) < 4.78 is 0. The molecule has 0 aliphatic rings. The molecule has 3 heteroatoms. The third kappa shape index (κ3) is 4.09. The van der Waals surface area contributed by atoms with Crippen molar-refractivity contribution in [1.29, 1.82) is 0 Å². The molecule has 0 bridgehead atoms. The van der Waals surface area contributed by atoms with E-state index in [-0.39, 0.29) is 0 Å². The maximum Gasteiger partial charge on any atom is 0.0361 e. The molecule has 1 N–H and O–H groups in total. The topological polar surface area (TPSA) is 15.3 Å². The fourth-order valence-corrected chi connectivity index (χ4v) is 3.21. The van der Waals surface area contributed by atoms with Crippen LogP contribution in [0.25, 0.3) is 0 Å². The molecule has 1 aromatic carbocycles. The lowest BCUT2D eigenvalue weighted by atomic mass is 10.1. The van der Waals surface area contributed by atoms with Gasteiger partial charge in [-0.3, -0.25) is 0 Å².